The largest absolute Gasteiger partial charge is 0.423 e. The zero-order valence-corrected chi connectivity index (χ0v) is 18.0. The van der Waals surface area contributed by atoms with Crippen LogP contribution in [-0.4, -0.2) is 15.9 Å². The minimum absolute atomic E-state index is 0.0736. The number of nitrogens with one attached hydrogen (secondary N) is 2. The second kappa shape index (κ2) is 9.20. The van der Waals surface area contributed by atoms with Gasteiger partial charge in [-0.25, -0.2) is 4.98 Å². The Morgan fingerprint density at radius 2 is 1.81 bits per heavy atom. The summed E-state index contributed by atoms with van der Waals surface area (Å²) in [4.78, 5) is 20.8. The number of anilines is 3. The van der Waals surface area contributed by atoms with Gasteiger partial charge in [-0.2, -0.15) is 0 Å². The van der Waals surface area contributed by atoms with Crippen molar-refractivity contribution in [3.63, 3.8) is 0 Å². The highest BCUT2D eigenvalue weighted by atomic mass is 35.5. The number of hydrogen-bond donors (Lipinski definition) is 2. The standard InChI is InChI=1S/C23H18Cl2N4O2/c1-14-5-6-16(28-22(30)12-17-18(24)3-2-4-19(17)25)11-20(14)29-23-27-13-21(31-23)15-7-9-26-10-8-15/h2-11,13H,12H2,1H3,(H,27,29)(H,28,30). The highest BCUT2D eigenvalue weighted by Crippen LogP contribution is 2.28. The lowest BCUT2D eigenvalue weighted by atomic mass is 10.1. The van der Waals surface area contributed by atoms with Crippen molar-refractivity contribution >= 4 is 46.5 Å². The van der Waals surface area contributed by atoms with E-state index in [1.165, 1.54) is 0 Å². The molecule has 0 atom stereocenters. The van der Waals surface area contributed by atoms with E-state index in [-0.39, 0.29) is 12.3 Å². The highest BCUT2D eigenvalue weighted by Gasteiger charge is 2.13. The van der Waals surface area contributed by atoms with Crippen LogP contribution in [0.4, 0.5) is 17.4 Å². The van der Waals surface area contributed by atoms with Crippen molar-refractivity contribution in [1.82, 2.24) is 9.97 Å². The molecule has 2 aromatic carbocycles. The molecule has 0 saturated heterocycles. The van der Waals surface area contributed by atoms with Crippen molar-refractivity contribution in [2.45, 2.75) is 13.3 Å². The summed E-state index contributed by atoms with van der Waals surface area (Å²) < 4.78 is 5.79. The molecular formula is C23H18Cl2N4O2. The summed E-state index contributed by atoms with van der Waals surface area (Å²) in [5.41, 5.74) is 3.83. The van der Waals surface area contributed by atoms with Crippen LogP contribution in [0.3, 0.4) is 0 Å². The first-order chi connectivity index (χ1) is 15.0. The fourth-order valence-electron chi connectivity index (χ4n) is 3.00. The third-order valence-corrected chi connectivity index (χ3v) is 5.34. The molecule has 0 radical (unpaired) electrons. The number of amides is 1. The smallest absolute Gasteiger partial charge is 0.299 e. The number of oxazole rings is 1. The van der Waals surface area contributed by atoms with Gasteiger partial charge < -0.3 is 15.1 Å². The maximum Gasteiger partial charge on any atom is 0.299 e. The Bertz CT molecular complexity index is 1210. The van der Waals surface area contributed by atoms with Gasteiger partial charge >= 0.3 is 0 Å². The van der Waals surface area contributed by atoms with Crippen LogP contribution < -0.4 is 10.6 Å². The second-order valence-corrected chi connectivity index (χ2v) is 7.66. The molecule has 0 spiro atoms. The molecule has 0 saturated carbocycles. The van der Waals surface area contributed by atoms with Gasteiger partial charge in [-0.1, -0.05) is 35.3 Å². The van der Waals surface area contributed by atoms with Crippen LogP contribution in [0, 0.1) is 6.92 Å². The number of carbonyl (C=O) groups is 1. The third kappa shape index (κ3) is 5.05. The van der Waals surface area contributed by atoms with Gasteiger partial charge in [-0.15, -0.1) is 0 Å². The first kappa shape index (κ1) is 20.9. The van der Waals surface area contributed by atoms with Gasteiger partial charge in [-0.3, -0.25) is 9.78 Å². The molecule has 0 fully saturated rings. The molecule has 2 aromatic heterocycles. The van der Waals surface area contributed by atoms with Crippen molar-refractivity contribution in [1.29, 1.82) is 0 Å². The molecule has 2 heterocycles. The third-order valence-electron chi connectivity index (χ3n) is 4.63. The van der Waals surface area contributed by atoms with E-state index in [2.05, 4.69) is 20.6 Å². The second-order valence-electron chi connectivity index (χ2n) is 6.85. The van der Waals surface area contributed by atoms with Crippen LogP contribution in [0.25, 0.3) is 11.3 Å². The van der Waals surface area contributed by atoms with Crippen LogP contribution in [0.2, 0.25) is 10.0 Å². The van der Waals surface area contributed by atoms with Gasteiger partial charge in [0.1, 0.15) is 0 Å². The summed E-state index contributed by atoms with van der Waals surface area (Å²) in [7, 11) is 0. The van der Waals surface area contributed by atoms with Crippen molar-refractivity contribution < 1.29 is 9.21 Å². The number of hydrogen-bond acceptors (Lipinski definition) is 5. The minimum atomic E-state index is -0.221. The zero-order chi connectivity index (χ0) is 21.8. The van der Waals surface area contributed by atoms with Gasteiger partial charge in [0.05, 0.1) is 12.6 Å². The van der Waals surface area contributed by atoms with Crippen LogP contribution in [0.5, 0.6) is 0 Å². The van der Waals surface area contributed by atoms with Crippen molar-refractivity contribution in [2.75, 3.05) is 10.6 Å². The summed E-state index contributed by atoms with van der Waals surface area (Å²) in [6.07, 6.45) is 5.10. The molecule has 0 aliphatic carbocycles. The Labute approximate surface area is 189 Å². The molecule has 2 N–H and O–H groups in total. The molecule has 156 valence electrons. The van der Waals surface area contributed by atoms with Crippen LogP contribution >= 0.6 is 23.2 Å². The Morgan fingerprint density at radius 1 is 1.06 bits per heavy atom. The average Bonchev–Trinajstić information content (AvgIpc) is 3.22. The monoisotopic (exact) mass is 452 g/mol. The Balaban J connectivity index is 1.47. The maximum atomic E-state index is 12.5. The molecule has 31 heavy (non-hydrogen) atoms. The number of halogens is 2. The van der Waals surface area contributed by atoms with Gasteiger partial charge in [0.2, 0.25) is 5.91 Å². The van der Waals surface area contributed by atoms with E-state index in [0.717, 1.165) is 16.8 Å². The predicted octanol–water partition coefficient (Wildman–Crippen LogP) is 6.28. The molecule has 8 heteroatoms. The molecule has 0 unspecified atom stereocenters. The van der Waals surface area contributed by atoms with Gasteiger partial charge in [0.25, 0.3) is 6.01 Å². The zero-order valence-electron chi connectivity index (χ0n) is 16.5. The Morgan fingerprint density at radius 3 is 2.55 bits per heavy atom. The van der Waals surface area contributed by atoms with Gasteiger partial charge in [0.15, 0.2) is 5.76 Å². The molecule has 1 amide bonds. The molecule has 4 aromatic rings. The number of carbonyl (C=O) groups excluding carboxylic acids is 1. The molecule has 6 nitrogen and oxygen atoms in total. The van der Waals surface area contributed by atoms with E-state index in [1.54, 1.807) is 36.8 Å². The number of pyridine rings is 1. The lowest BCUT2D eigenvalue weighted by Gasteiger charge is -2.11. The normalized spacial score (nSPS) is 10.7. The Kier molecular flexibility index (Phi) is 6.21. The molecule has 0 aliphatic rings. The summed E-state index contributed by atoms with van der Waals surface area (Å²) in [6.45, 7) is 1.95. The predicted molar refractivity (Wildman–Crippen MR) is 123 cm³/mol. The van der Waals surface area contributed by atoms with Crippen molar-refractivity contribution in [3.05, 3.63) is 88.3 Å². The fraction of sp³-hybridized carbons (Fsp3) is 0.0870. The minimum Gasteiger partial charge on any atom is -0.423 e. The van der Waals surface area contributed by atoms with E-state index >= 15 is 0 Å². The van der Waals surface area contributed by atoms with Crippen LogP contribution in [-0.2, 0) is 11.2 Å². The topological polar surface area (TPSA) is 80.0 Å². The van der Waals surface area contributed by atoms with E-state index < -0.39 is 0 Å². The summed E-state index contributed by atoms with van der Waals surface area (Å²) in [6, 6.07) is 14.7. The summed E-state index contributed by atoms with van der Waals surface area (Å²) in [5.74, 6) is 0.407. The maximum absolute atomic E-state index is 12.5. The highest BCUT2D eigenvalue weighted by molar-refractivity contribution is 6.36. The van der Waals surface area contributed by atoms with E-state index in [4.69, 9.17) is 27.6 Å². The number of benzene rings is 2. The Hall–Kier alpha value is -3.35. The first-order valence-corrected chi connectivity index (χ1v) is 10.2. The summed E-state index contributed by atoms with van der Waals surface area (Å²) in [5, 5.41) is 6.95. The lowest BCUT2D eigenvalue weighted by molar-refractivity contribution is -0.115. The van der Waals surface area contributed by atoms with E-state index in [9.17, 15) is 4.79 Å². The van der Waals surface area contributed by atoms with Gasteiger partial charge in [0, 0.05) is 39.4 Å². The van der Waals surface area contributed by atoms with Crippen LogP contribution in [0.1, 0.15) is 11.1 Å². The quantitative estimate of drug-likeness (QED) is 0.359. The SMILES string of the molecule is Cc1ccc(NC(=O)Cc2c(Cl)cccc2Cl)cc1Nc1ncc(-c2ccncc2)o1. The summed E-state index contributed by atoms with van der Waals surface area (Å²) >= 11 is 12.3. The van der Waals surface area contributed by atoms with Gasteiger partial charge in [-0.05, 0) is 54.4 Å². The van der Waals surface area contributed by atoms with Crippen LogP contribution in [0.15, 0.2) is 71.5 Å². The molecule has 0 bridgehead atoms. The van der Waals surface area contributed by atoms with Crippen molar-refractivity contribution in [3.8, 4) is 11.3 Å². The number of aryl methyl sites for hydroxylation is 1. The molecular weight excluding hydrogens is 435 g/mol. The molecule has 0 aliphatic heterocycles. The number of aromatic nitrogens is 2. The lowest BCUT2D eigenvalue weighted by Crippen LogP contribution is -2.15. The average molecular weight is 453 g/mol. The fourth-order valence-corrected chi connectivity index (χ4v) is 3.53. The number of nitrogens with zero attached hydrogens (tertiary/aromatic N) is 2. The van der Waals surface area contributed by atoms with Crippen molar-refractivity contribution in [2.24, 2.45) is 0 Å². The molecule has 4 rings (SSSR count). The number of rotatable bonds is 6. The first-order valence-electron chi connectivity index (χ1n) is 9.46. The van der Waals surface area contributed by atoms with E-state index in [0.29, 0.717) is 33.1 Å². The van der Waals surface area contributed by atoms with E-state index in [1.807, 2.05) is 37.3 Å².